The lowest BCUT2D eigenvalue weighted by atomic mass is 9.71. The third-order valence-electron chi connectivity index (χ3n) is 9.69. The molecule has 3 rings (SSSR count). The van der Waals surface area contributed by atoms with Crippen LogP contribution in [0.15, 0.2) is 77.2 Å². The number of para-hydroxylation sites is 2. The van der Waals surface area contributed by atoms with E-state index in [0.29, 0.717) is 25.0 Å². The van der Waals surface area contributed by atoms with Gasteiger partial charge in [0.25, 0.3) is 0 Å². The molecule has 1 unspecified atom stereocenters. The standard InChI is InChI=1S/C44H57N3O3S/c1-5-7-25-44(26-8-6-2,39-20-12-14-22-41(39)46-28-15-9-10-16-30-48)27-23-35(3)36(34-45)32-43(4,33-37-18-17-31-51-37)38-19-11-13-21-40(38)47-29-24-42(49)50/h11-14,17-22,30-31,46-47H,5-10,15-16,24-26,28-29,32-33H2,1-4H3,(H,49,50)/b36-35+. The van der Waals surface area contributed by atoms with Gasteiger partial charge in [0.1, 0.15) is 6.29 Å². The zero-order valence-electron chi connectivity index (χ0n) is 31.2. The summed E-state index contributed by atoms with van der Waals surface area (Å²) in [6.45, 7) is 9.81. The number of carboxylic acids is 1. The Morgan fingerprint density at radius 3 is 2.14 bits per heavy atom. The normalized spacial score (nSPS) is 12.8. The number of nitrogens with one attached hydrogen (secondary N) is 2. The molecular formula is C44H57N3O3S. The van der Waals surface area contributed by atoms with Crippen molar-refractivity contribution in [3.8, 4) is 17.9 Å². The van der Waals surface area contributed by atoms with Crippen LogP contribution in [-0.2, 0) is 26.8 Å². The molecule has 7 heteroatoms. The number of carbonyl (C=O) groups is 2. The molecule has 2 aromatic carbocycles. The molecule has 0 aliphatic carbocycles. The first-order chi connectivity index (χ1) is 24.7. The number of nitriles is 1. The summed E-state index contributed by atoms with van der Waals surface area (Å²) >= 11 is 1.71. The van der Waals surface area contributed by atoms with Gasteiger partial charge in [0.05, 0.1) is 17.9 Å². The molecule has 0 aliphatic rings. The van der Waals surface area contributed by atoms with Gasteiger partial charge in [-0.3, -0.25) is 4.79 Å². The SMILES string of the molecule is CCCCC(C#C/C(C)=C(/C#N)CC(C)(Cc1cccs1)c1ccccc1NCCC(=O)O)(CCCC)c1ccccc1NCCCCCC=O. The van der Waals surface area contributed by atoms with Crippen LogP contribution in [0.1, 0.15) is 121 Å². The van der Waals surface area contributed by atoms with Crippen molar-refractivity contribution in [1.82, 2.24) is 0 Å². The van der Waals surface area contributed by atoms with Crippen LogP contribution in [0.4, 0.5) is 11.4 Å². The average molecular weight is 708 g/mol. The molecule has 3 aromatic rings. The molecule has 0 spiro atoms. The molecule has 6 nitrogen and oxygen atoms in total. The van der Waals surface area contributed by atoms with Gasteiger partial charge in [-0.1, -0.05) is 107 Å². The Bertz CT molecular complexity index is 1650. The van der Waals surface area contributed by atoms with Gasteiger partial charge in [-0.25, -0.2) is 0 Å². The zero-order chi connectivity index (χ0) is 37.0. The van der Waals surface area contributed by atoms with Crippen molar-refractivity contribution in [3.63, 3.8) is 0 Å². The lowest BCUT2D eigenvalue weighted by Gasteiger charge is -2.33. The number of hydrogen-bond acceptors (Lipinski definition) is 6. The van der Waals surface area contributed by atoms with Crippen molar-refractivity contribution >= 4 is 35.0 Å². The highest BCUT2D eigenvalue weighted by Crippen LogP contribution is 2.41. The van der Waals surface area contributed by atoms with Crippen LogP contribution < -0.4 is 10.6 Å². The summed E-state index contributed by atoms with van der Waals surface area (Å²) in [5.74, 6) is 6.54. The van der Waals surface area contributed by atoms with Gasteiger partial charge >= 0.3 is 5.97 Å². The van der Waals surface area contributed by atoms with Gasteiger partial charge in [-0.05, 0) is 80.2 Å². The monoisotopic (exact) mass is 707 g/mol. The lowest BCUT2D eigenvalue weighted by Crippen LogP contribution is -2.27. The lowest BCUT2D eigenvalue weighted by molar-refractivity contribution is -0.136. The fraction of sp³-hybridized carbons (Fsp3) is 0.477. The Morgan fingerprint density at radius 1 is 0.882 bits per heavy atom. The summed E-state index contributed by atoms with van der Waals surface area (Å²) in [6.07, 6.45) is 11.9. The molecule has 1 heterocycles. The maximum absolute atomic E-state index is 11.3. The van der Waals surface area contributed by atoms with Gasteiger partial charge in [-0.15, -0.1) is 11.3 Å². The Kier molecular flexibility index (Phi) is 17.6. The van der Waals surface area contributed by atoms with E-state index in [1.165, 1.54) is 10.4 Å². The molecule has 1 atom stereocenters. The number of rotatable bonds is 23. The number of nitrogens with zero attached hydrogens (tertiary/aromatic N) is 1. The fourth-order valence-corrected chi connectivity index (χ4v) is 7.70. The van der Waals surface area contributed by atoms with E-state index in [-0.39, 0.29) is 11.8 Å². The Balaban J connectivity index is 2.07. The van der Waals surface area contributed by atoms with Crippen LogP contribution in [-0.4, -0.2) is 30.5 Å². The average Bonchev–Trinajstić information content (AvgIpc) is 3.65. The van der Waals surface area contributed by atoms with E-state index in [1.54, 1.807) is 11.3 Å². The number of carbonyl (C=O) groups excluding carboxylic acids is 1. The maximum atomic E-state index is 11.3. The summed E-state index contributed by atoms with van der Waals surface area (Å²) in [5.41, 5.74) is 4.95. The Labute approximate surface area is 310 Å². The number of hydrogen-bond donors (Lipinski definition) is 3. The molecular weight excluding hydrogens is 651 g/mol. The second-order valence-electron chi connectivity index (χ2n) is 13.9. The third-order valence-corrected chi connectivity index (χ3v) is 10.6. The molecule has 0 fully saturated rings. The van der Waals surface area contributed by atoms with Gasteiger partial charge < -0.3 is 20.5 Å². The predicted molar refractivity (Wildman–Crippen MR) is 213 cm³/mol. The van der Waals surface area contributed by atoms with E-state index in [4.69, 9.17) is 0 Å². The third kappa shape index (κ3) is 12.7. The van der Waals surface area contributed by atoms with Crippen LogP contribution in [0, 0.1) is 23.2 Å². The molecule has 51 heavy (non-hydrogen) atoms. The van der Waals surface area contributed by atoms with Crippen LogP contribution in [0.25, 0.3) is 0 Å². The molecule has 0 amide bonds. The van der Waals surface area contributed by atoms with Crippen molar-refractivity contribution < 1.29 is 14.7 Å². The van der Waals surface area contributed by atoms with Crippen LogP contribution in [0.5, 0.6) is 0 Å². The number of carboxylic acid groups (broad SMARTS) is 1. The van der Waals surface area contributed by atoms with Crippen molar-refractivity contribution in [3.05, 3.63) is 93.2 Å². The zero-order valence-corrected chi connectivity index (χ0v) is 32.0. The van der Waals surface area contributed by atoms with Crippen molar-refractivity contribution in [2.24, 2.45) is 0 Å². The van der Waals surface area contributed by atoms with Crippen molar-refractivity contribution in [2.45, 2.75) is 122 Å². The molecule has 3 N–H and O–H groups in total. The second-order valence-corrected chi connectivity index (χ2v) is 14.9. The minimum atomic E-state index is -0.844. The molecule has 1 aromatic heterocycles. The quantitative estimate of drug-likeness (QED) is 0.0392. The fourth-order valence-electron chi connectivity index (χ4n) is 6.80. The van der Waals surface area contributed by atoms with Crippen molar-refractivity contribution in [2.75, 3.05) is 23.7 Å². The Hall–Kier alpha value is -4.33. The molecule has 272 valence electrons. The number of unbranched alkanes of at least 4 members (excludes halogenated alkanes) is 5. The minimum absolute atomic E-state index is 0.0197. The molecule has 0 saturated heterocycles. The highest BCUT2D eigenvalue weighted by Gasteiger charge is 2.33. The number of allylic oxidation sites excluding steroid dienone is 2. The van der Waals surface area contributed by atoms with E-state index in [1.807, 2.05) is 25.1 Å². The number of thiophene rings is 1. The molecule has 0 saturated carbocycles. The largest absolute Gasteiger partial charge is 0.481 e. The summed E-state index contributed by atoms with van der Waals surface area (Å²) in [5, 5.41) is 29.1. The van der Waals surface area contributed by atoms with Crippen molar-refractivity contribution in [1.29, 1.82) is 5.26 Å². The predicted octanol–water partition coefficient (Wildman–Crippen LogP) is 10.9. The topological polar surface area (TPSA) is 102 Å². The van der Waals surface area contributed by atoms with E-state index in [2.05, 4.69) is 97.2 Å². The van der Waals surface area contributed by atoms with E-state index < -0.39 is 11.4 Å². The van der Waals surface area contributed by atoms with Gasteiger partial charge in [0.2, 0.25) is 0 Å². The van der Waals surface area contributed by atoms with Crippen LogP contribution in [0.2, 0.25) is 0 Å². The summed E-state index contributed by atoms with van der Waals surface area (Å²) in [4.78, 5) is 23.3. The molecule has 0 aliphatic heterocycles. The Morgan fingerprint density at radius 2 is 1.53 bits per heavy atom. The number of aldehydes is 1. The first-order valence-electron chi connectivity index (χ1n) is 18.7. The van der Waals surface area contributed by atoms with E-state index in [0.717, 1.165) is 99.6 Å². The smallest absolute Gasteiger partial charge is 0.305 e. The van der Waals surface area contributed by atoms with Crippen LogP contribution >= 0.6 is 11.3 Å². The first kappa shape index (κ1) is 41.1. The maximum Gasteiger partial charge on any atom is 0.305 e. The molecule has 0 radical (unpaired) electrons. The van der Waals surface area contributed by atoms with Gasteiger partial charge in [-0.2, -0.15) is 5.26 Å². The summed E-state index contributed by atoms with van der Waals surface area (Å²) in [7, 11) is 0. The second kappa shape index (κ2) is 21.8. The van der Waals surface area contributed by atoms with Crippen LogP contribution in [0.3, 0.4) is 0 Å². The summed E-state index contributed by atoms with van der Waals surface area (Å²) in [6, 6.07) is 23.4. The highest BCUT2D eigenvalue weighted by atomic mass is 32.1. The summed E-state index contributed by atoms with van der Waals surface area (Å²) < 4.78 is 0. The van der Waals surface area contributed by atoms with E-state index in [9.17, 15) is 20.0 Å². The number of benzene rings is 2. The first-order valence-corrected chi connectivity index (χ1v) is 19.6. The molecule has 0 bridgehead atoms. The van der Waals surface area contributed by atoms with Gasteiger partial charge in [0, 0.05) is 52.3 Å². The number of anilines is 2. The highest BCUT2D eigenvalue weighted by molar-refractivity contribution is 7.09. The minimum Gasteiger partial charge on any atom is -0.481 e. The number of aliphatic carboxylic acids is 1. The van der Waals surface area contributed by atoms with E-state index >= 15 is 0 Å². The van der Waals surface area contributed by atoms with Gasteiger partial charge in [0.15, 0.2) is 0 Å².